The molecule has 3 nitrogen and oxygen atoms in total. The minimum Gasteiger partial charge on any atom is -0.351 e. The number of nitrogens with zero attached hydrogens (tertiary/aromatic N) is 2. The van der Waals surface area contributed by atoms with Crippen molar-refractivity contribution >= 4 is 0 Å². The Hall–Kier alpha value is -1.75. The van der Waals surface area contributed by atoms with Crippen LogP contribution in [0.4, 0.5) is 4.39 Å². The first-order valence-electron chi connectivity index (χ1n) is 10.7. The van der Waals surface area contributed by atoms with Crippen molar-refractivity contribution in [3.63, 3.8) is 0 Å². The molecule has 148 valence electrons. The molecular weight excluding hydrogens is 351 g/mol. The summed E-state index contributed by atoms with van der Waals surface area (Å²) in [5.74, 6) is -0.175. The predicted octanol–water partition coefficient (Wildman–Crippen LogP) is 4.74. The van der Waals surface area contributed by atoms with E-state index in [0.29, 0.717) is 6.04 Å². The Bertz CT molecular complexity index is 786. The molecule has 3 heterocycles. The van der Waals surface area contributed by atoms with E-state index in [1.54, 1.807) is 12.1 Å². The van der Waals surface area contributed by atoms with Crippen LogP contribution in [0.2, 0.25) is 0 Å². The van der Waals surface area contributed by atoms with Gasteiger partial charge < -0.3 is 4.74 Å². The summed E-state index contributed by atoms with van der Waals surface area (Å²) in [5, 5.41) is 0. The molecule has 1 spiro atoms. The van der Waals surface area contributed by atoms with Gasteiger partial charge in [-0.2, -0.15) is 0 Å². The monoisotopic (exact) mass is 380 g/mol. The first-order chi connectivity index (χ1) is 13.7. The molecule has 3 aliphatic heterocycles. The first-order valence-corrected chi connectivity index (χ1v) is 10.7. The molecule has 0 N–H and O–H groups in total. The highest BCUT2D eigenvalue weighted by atomic mass is 19.1. The van der Waals surface area contributed by atoms with Gasteiger partial charge in [-0.3, -0.25) is 9.80 Å². The third-order valence-electron chi connectivity index (χ3n) is 6.85. The van der Waals surface area contributed by atoms with Crippen molar-refractivity contribution in [2.75, 3.05) is 19.6 Å². The average molecular weight is 381 g/mol. The van der Waals surface area contributed by atoms with Crippen molar-refractivity contribution in [3.8, 4) is 0 Å². The van der Waals surface area contributed by atoms with Crippen molar-refractivity contribution in [1.82, 2.24) is 9.80 Å². The maximum Gasteiger partial charge on any atom is 0.125 e. The van der Waals surface area contributed by atoms with E-state index >= 15 is 0 Å². The van der Waals surface area contributed by atoms with Crippen molar-refractivity contribution in [2.45, 2.75) is 56.5 Å². The largest absolute Gasteiger partial charge is 0.351 e. The lowest BCUT2D eigenvalue weighted by molar-refractivity contribution is -0.141. The van der Waals surface area contributed by atoms with E-state index in [1.165, 1.54) is 24.8 Å². The minimum absolute atomic E-state index is 0.0709. The number of fused-ring (bicyclic) bond motifs is 2. The van der Waals surface area contributed by atoms with E-state index in [4.69, 9.17) is 4.74 Å². The zero-order chi connectivity index (χ0) is 19.0. The molecule has 0 aliphatic carbocycles. The fourth-order valence-corrected chi connectivity index (χ4v) is 5.41. The van der Waals surface area contributed by atoms with Gasteiger partial charge in [0.15, 0.2) is 0 Å². The highest BCUT2D eigenvalue weighted by Gasteiger charge is 2.54. The third-order valence-corrected chi connectivity index (χ3v) is 6.85. The van der Waals surface area contributed by atoms with Crippen LogP contribution in [0.3, 0.4) is 0 Å². The molecule has 4 heteroatoms. The van der Waals surface area contributed by atoms with E-state index in [2.05, 4.69) is 40.1 Å². The quantitative estimate of drug-likeness (QED) is 0.765. The molecule has 0 aromatic heterocycles. The molecule has 5 rings (SSSR count). The summed E-state index contributed by atoms with van der Waals surface area (Å²) in [6, 6.07) is 18.1. The van der Waals surface area contributed by atoms with Crippen LogP contribution in [0.5, 0.6) is 0 Å². The number of piperidine rings is 2. The highest BCUT2D eigenvalue weighted by molar-refractivity contribution is 5.23. The Morgan fingerprint density at radius 1 is 0.929 bits per heavy atom. The van der Waals surface area contributed by atoms with E-state index in [1.807, 2.05) is 12.1 Å². The van der Waals surface area contributed by atoms with Crippen LogP contribution < -0.4 is 0 Å². The van der Waals surface area contributed by atoms with E-state index < -0.39 is 0 Å². The van der Waals surface area contributed by atoms with Crippen molar-refractivity contribution in [2.24, 2.45) is 0 Å². The second-order valence-corrected chi connectivity index (χ2v) is 8.55. The second-order valence-electron chi connectivity index (χ2n) is 8.55. The van der Waals surface area contributed by atoms with Gasteiger partial charge in [-0.25, -0.2) is 4.39 Å². The Kier molecular flexibility index (Phi) is 4.95. The fraction of sp³-hybridized carbons (Fsp3) is 0.500. The van der Waals surface area contributed by atoms with Gasteiger partial charge in [-0.15, -0.1) is 0 Å². The topological polar surface area (TPSA) is 15.7 Å². The molecule has 0 amide bonds. The molecule has 2 aromatic rings. The molecule has 2 atom stereocenters. The van der Waals surface area contributed by atoms with E-state index in [-0.39, 0.29) is 17.6 Å². The van der Waals surface area contributed by atoms with Gasteiger partial charge in [-0.05, 0) is 36.1 Å². The van der Waals surface area contributed by atoms with Crippen LogP contribution in [-0.4, -0.2) is 41.2 Å². The predicted molar refractivity (Wildman–Crippen MR) is 108 cm³/mol. The van der Waals surface area contributed by atoms with Crippen LogP contribution in [0, 0.1) is 5.82 Å². The average Bonchev–Trinajstić information content (AvgIpc) is 3.06. The number of likely N-dealkylation sites (tertiary alicyclic amines) is 1. The van der Waals surface area contributed by atoms with Crippen molar-refractivity contribution in [1.29, 1.82) is 0 Å². The molecule has 2 aromatic carbocycles. The van der Waals surface area contributed by atoms with Gasteiger partial charge in [0.25, 0.3) is 0 Å². The van der Waals surface area contributed by atoms with Gasteiger partial charge >= 0.3 is 0 Å². The Morgan fingerprint density at radius 3 is 2.43 bits per heavy atom. The number of rotatable bonds is 3. The molecule has 28 heavy (non-hydrogen) atoms. The molecule has 0 radical (unpaired) electrons. The van der Waals surface area contributed by atoms with Gasteiger partial charge in [0.05, 0.1) is 0 Å². The van der Waals surface area contributed by atoms with Crippen LogP contribution in [-0.2, 0) is 11.3 Å². The smallest absolute Gasteiger partial charge is 0.125 e. The minimum atomic E-state index is -0.175. The summed E-state index contributed by atoms with van der Waals surface area (Å²) in [6.45, 7) is 4.27. The van der Waals surface area contributed by atoms with Crippen LogP contribution in [0.25, 0.3) is 0 Å². The van der Waals surface area contributed by atoms with Crippen LogP contribution >= 0.6 is 0 Å². The number of hydrogen-bond acceptors (Lipinski definition) is 3. The summed E-state index contributed by atoms with van der Waals surface area (Å²) in [5.41, 5.74) is 2.37. The SMILES string of the molecule is Fc1ccc(C2OC3(CCN(Cc4ccccc4)CC3)N3CCCCC23)cc1. The Labute approximate surface area is 167 Å². The molecule has 3 saturated heterocycles. The number of benzene rings is 2. The summed E-state index contributed by atoms with van der Waals surface area (Å²) < 4.78 is 20.3. The van der Waals surface area contributed by atoms with Gasteiger partial charge in [0.1, 0.15) is 17.6 Å². The number of ether oxygens (including phenoxy) is 1. The molecule has 0 saturated carbocycles. The summed E-state index contributed by atoms with van der Waals surface area (Å²) in [4.78, 5) is 5.21. The lowest BCUT2D eigenvalue weighted by Crippen LogP contribution is -2.55. The van der Waals surface area contributed by atoms with Crippen LogP contribution in [0.15, 0.2) is 54.6 Å². The van der Waals surface area contributed by atoms with Gasteiger partial charge in [0.2, 0.25) is 0 Å². The molecule has 3 aliphatic rings. The van der Waals surface area contributed by atoms with Crippen molar-refractivity contribution < 1.29 is 9.13 Å². The van der Waals surface area contributed by atoms with Gasteiger partial charge in [-0.1, -0.05) is 48.9 Å². The summed E-state index contributed by atoms with van der Waals surface area (Å²) >= 11 is 0. The highest BCUT2D eigenvalue weighted by Crippen LogP contribution is 2.49. The molecule has 3 fully saturated rings. The lowest BCUT2D eigenvalue weighted by atomic mass is 9.91. The fourth-order valence-electron chi connectivity index (χ4n) is 5.41. The number of halogens is 1. The Balaban J connectivity index is 1.32. The lowest BCUT2D eigenvalue weighted by Gasteiger charge is -2.46. The summed E-state index contributed by atoms with van der Waals surface area (Å²) in [6.07, 6.45) is 5.87. The standard InChI is InChI=1S/C24H29FN2O/c25-21-11-9-20(10-12-21)23-22-8-4-5-15-27(22)24(28-23)13-16-26(17-14-24)18-19-6-2-1-3-7-19/h1-3,6-7,9-12,22-23H,4-5,8,13-18H2. The molecular formula is C24H29FN2O. The molecule has 2 unspecified atom stereocenters. The first kappa shape index (κ1) is 18.3. The second kappa shape index (κ2) is 7.58. The molecule has 0 bridgehead atoms. The number of hydrogen-bond donors (Lipinski definition) is 0. The zero-order valence-corrected chi connectivity index (χ0v) is 16.4. The van der Waals surface area contributed by atoms with E-state index in [9.17, 15) is 4.39 Å². The zero-order valence-electron chi connectivity index (χ0n) is 16.4. The maximum absolute atomic E-state index is 13.4. The van der Waals surface area contributed by atoms with Crippen molar-refractivity contribution in [3.05, 3.63) is 71.5 Å². The maximum atomic E-state index is 13.4. The summed E-state index contributed by atoms with van der Waals surface area (Å²) in [7, 11) is 0. The van der Waals surface area contributed by atoms with Crippen LogP contribution in [0.1, 0.15) is 49.3 Å². The Morgan fingerprint density at radius 2 is 1.68 bits per heavy atom. The van der Waals surface area contributed by atoms with Gasteiger partial charge in [0, 0.05) is 45.1 Å². The normalized spacial score (nSPS) is 27.8. The van der Waals surface area contributed by atoms with E-state index in [0.717, 1.165) is 44.6 Å². The third kappa shape index (κ3) is 3.38.